The van der Waals surface area contributed by atoms with Gasteiger partial charge in [-0.25, -0.2) is 0 Å². The summed E-state index contributed by atoms with van der Waals surface area (Å²) in [5, 5.41) is 29.4. The molecule has 1 aromatic heterocycles. The zero-order valence-electron chi connectivity index (χ0n) is 29.5. The molecule has 6 rings (SSSR count). The Hall–Kier alpha value is -3.44. The number of benzene rings is 1. The van der Waals surface area contributed by atoms with E-state index in [0.29, 0.717) is 42.5 Å². The van der Waals surface area contributed by atoms with Gasteiger partial charge in [-0.2, -0.15) is 0 Å². The number of halogens is 1. The monoisotopic (exact) mass is 707 g/mol. The summed E-state index contributed by atoms with van der Waals surface area (Å²) in [6.07, 6.45) is 9.29. The first-order chi connectivity index (χ1) is 24.2. The topological polar surface area (TPSA) is 126 Å². The third kappa shape index (κ3) is 5.91. The number of ether oxygens (including phenoxy) is 2. The predicted molar refractivity (Wildman–Crippen MR) is 192 cm³/mol. The van der Waals surface area contributed by atoms with Crippen molar-refractivity contribution in [1.82, 2.24) is 15.0 Å². The quantitative estimate of drug-likeness (QED) is 0.111. The number of carbonyl (C=O) groups is 2. The molecule has 2 fully saturated rings. The highest BCUT2D eigenvalue weighted by molar-refractivity contribution is 6.33. The van der Waals surface area contributed by atoms with E-state index in [2.05, 4.69) is 37.1 Å². The molecule has 1 aromatic carbocycles. The van der Waals surface area contributed by atoms with Gasteiger partial charge in [0.05, 0.1) is 24.8 Å². The molecule has 1 aliphatic heterocycles. The first kappa shape index (κ1) is 36.4. The minimum absolute atomic E-state index is 0.0240. The number of rotatable bonds is 15. The van der Waals surface area contributed by atoms with Crippen molar-refractivity contribution in [1.29, 1.82) is 0 Å². The lowest BCUT2D eigenvalue weighted by atomic mass is 9.57. The molecule has 2 heterocycles. The maximum Gasteiger partial charge on any atom is 0.265 e. The number of hydrogen-bond acceptors (Lipinski definition) is 10. The molecule has 10 nitrogen and oxygen atoms in total. The SMILES string of the molecule is C=CCN(CC=C)[C@@H]1c2onc(OCCCC)c2C(=O)[C@@]2(O)C(=O)C3=C(O)c4c(OCCCC)cc(C5CCCN5CC)c(Cl)c4C[C@H]3C[C@@H]12. The molecule has 2 aromatic rings. The molecule has 0 spiro atoms. The molecule has 0 amide bonds. The van der Waals surface area contributed by atoms with Crippen molar-refractivity contribution in [2.24, 2.45) is 11.8 Å². The summed E-state index contributed by atoms with van der Waals surface area (Å²) in [4.78, 5) is 33.7. The van der Waals surface area contributed by atoms with Crippen LogP contribution in [0.5, 0.6) is 11.6 Å². The summed E-state index contributed by atoms with van der Waals surface area (Å²) in [5.74, 6) is -2.75. The zero-order chi connectivity index (χ0) is 35.7. The maximum atomic E-state index is 14.8. The fraction of sp³-hybridized carbons (Fsp3) is 0.564. The number of carbonyl (C=O) groups excluding carboxylic acids is 2. The molecule has 3 aliphatic carbocycles. The van der Waals surface area contributed by atoms with E-state index in [1.165, 1.54) is 0 Å². The van der Waals surface area contributed by atoms with Crippen LogP contribution in [0.2, 0.25) is 5.02 Å². The fourth-order valence-corrected chi connectivity index (χ4v) is 8.94. The lowest BCUT2D eigenvalue weighted by Gasteiger charge is -2.50. The maximum absolute atomic E-state index is 14.8. The van der Waals surface area contributed by atoms with Gasteiger partial charge in [-0.05, 0) is 79.9 Å². The smallest absolute Gasteiger partial charge is 0.265 e. The highest BCUT2D eigenvalue weighted by Crippen LogP contribution is 2.57. The first-order valence-corrected chi connectivity index (χ1v) is 18.6. The van der Waals surface area contributed by atoms with Gasteiger partial charge in [-0.3, -0.25) is 19.4 Å². The van der Waals surface area contributed by atoms with Gasteiger partial charge in [0, 0.05) is 35.6 Å². The van der Waals surface area contributed by atoms with Gasteiger partial charge in [0.2, 0.25) is 11.6 Å². The Bertz CT molecular complexity index is 1670. The van der Waals surface area contributed by atoms with E-state index in [1.54, 1.807) is 12.2 Å². The fourth-order valence-electron chi connectivity index (χ4n) is 8.59. The average Bonchev–Trinajstić information content (AvgIpc) is 3.75. The van der Waals surface area contributed by atoms with Crippen LogP contribution in [0.25, 0.3) is 5.76 Å². The second kappa shape index (κ2) is 15.0. The normalized spacial score (nSPS) is 26.0. The second-order valence-corrected chi connectivity index (χ2v) is 14.3. The molecule has 0 bridgehead atoms. The molecule has 1 saturated carbocycles. The Balaban J connectivity index is 1.51. The van der Waals surface area contributed by atoms with Gasteiger partial charge in [-0.15, -0.1) is 13.2 Å². The lowest BCUT2D eigenvalue weighted by molar-refractivity contribution is -0.143. The Morgan fingerprint density at radius 3 is 2.46 bits per heavy atom. The minimum Gasteiger partial charge on any atom is -0.507 e. The number of nitrogens with zero attached hydrogens (tertiary/aromatic N) is 3. The molecule has 5 atom stereocenters. The van der Waals surface area contributed by atoms with Crippen molar-refractivity contribution >= 4 is 28.9 Å². The summed E-state index contributed by atoms with van der Waals surface area (Å²) in [5.41, 5.74) is -0.478. The minimum atomic E-state index is -2.51. The van der Waals surface area contributed by atoms with Gasteiger partial charge in [0.15, 0.2) is 11.4 Å². The van der Waals surface area contributed by atoms with Crippen molar-refractivity contribution < 1.29 is 33.8 Å². The van der Waals surface area contributed by atoms with Crippen LogP contribution in [0, 0.1) is 11.8 Å². The molecule has 2 N–H and O–H groups in total. The number of ketones is 2. The standard InChI is InChI=1S/C39H50ClN3O7/c1-6-11-18-48-28-22-24(27-14-13-17-42(27)10-5)32(40)25-20-23-21-26-33(43(15-8-3)16-9-4)35-31(38(41-50-35)49-19-12-7-2)37(46)39(26,47)36(45)29(23)34(44)30(25)28/h8-9,22-23,26-27,33,44,47H,3-4,6-7,10-21H2,1-2,5H3/t23-,26-,27?,33-,39-/m0/s1. The Kier molecular flexibility index (Phi) is 10.9. The summed E-state index contributed by atoms with van der Waals surface area (Å²) >= 11 is 7.29. The number of aliphatic hydroxyl groups is 2. The van der Waals surface area contributed by atoms with Crippen LogP contribution in [0.15, 0.2) is 41.5 Å². The molecule has 1 unspecified atom stereocenters. The van der Waals surface area contributed by atoms with Crippen LogP contribution >= 0.6 is 11.6 Å². The largest absolute Gasteiger partial charge is 0.507 e. The van der Waals surface area contributed by atoms with Gasteiger partial charge >= 0.3 is 0 Å². The van der Waals surface area contributed by atoms with Crippen LogP contribution in [0.3, 0.4) is 0 Å². The molecule has 1 saturated heterocycles. The van der Waals surface area contributed by atoms with E-state index in [0.717, 1.165) is 62.7 Å². The third-order valence-corrected chi connectivity index (χ3v) is 11.5. The van der Waals surface area contributed by atoms with Crippen LogP contribution in [0.4, 0.5) is 0 Å². The Labute approximate surface area is 299 Å². The van der Waals surface area contributed by atoms with E-state index in [-0.39, 0.29) is 47.6 Å². The molecular formula is C39H50ClN3O7. The molecule has 50 heavy (non-hydrogen) atoms. The molecule has 270 valence electrons. The van der Waals surface area contributed by atoms with Crippen molar-refractivity contribution in [3.05, 3.63) is 70.0 Å². The van der Waals surface area contributed by atoms with Gasteiger partial charge in [-0.1, -0.05) is 57.4 Å². The molecular weight excluding hydrogens is 658 g/mol. The number of likely N-dealkylation sites (tertiary alicyclic amines) is 1. The summed E-state index contributed by atoms with van der Waals surface area (Å²) in [6.45, 7) is 17.4. The van der Waals surface area contributed by atoms with E-state index >= 15 is 0 Å². The van der Waals surface area contributed by atoms with Gasteiger partial charge in [0.1, 0.15) is 17.1 Å². The summed E-state index contributed by atoms with van der Waals surface area (Å²) < 4.78 is 18.1. The van der Waals surface area contributed by atoms with Crippen LogP contribution in [-0.2, 0) is 11.2 Å². The third-order valence-electron chi connectivity index (χ3n) is 11.0. The van der Waals surface area contributed by atoms with E-state index in [9.17, 15) is 19.8 Å². The van der Waals surface area contributed by atoms with Crippen molar-refractivity contribution in [3.8, 4) is 11.6 Å². The number of aromatic nitrogens is 1. The van der Waals surface area contributed by atoms with E-state index in [1.807, 2.05) is 17.9 Å². The van der Waals surface area contributed by atoms with Gasteiger partial charge < -0.3 is 24.2 Å². The van der Waals surface area contributed by atoms with Crippen molar-refractivity contribution in [2.75, 3.05) is 39.4 Å². The lowest BCUT2D eigenvalue weighted by Crippen LogP contribution is -2.63. The van der Waals surface area contributed by atoms with Crippen molar-refractivity contribution in [2.45, 2.75) is 89.8 Å². The predicted octanol–water partition coefficient (Wildman–Crippen LogP) is 7.22. The van der Waals surface area contributed by atoms with E-state index in [4.69, 9.17) is 25.6 Å². The highest BCUT2D eigenvalue weighted by atomic mass is 35.5. The number of hydrogen-bond donors (Lipinski definition) is 2. The highest BCUT2D eigenvalue weighted by Gasteiger charge is 2.66. The Morgan fingerprint density at radius 2 is 1.80 bits per heavy atom. The first-order valence-electron chi connectivity index (χ1n) is 18.2. The van der Waals surface area contributed by atoms with Crippen LogP contribution in [0.1, 0.15) is 111 Å². The Morgan fingerprint density at radius 1 is 1.10 bits per heavy atom. The molecule has 4 aliphatic rings. The second-order valence-electron chi connectivity index (χ2n) is 14.0. The summed E-state index contributed by atoms with van der Waals surface area (Å²) in [6, 6.07) is 1.30. The number of aliphatic hydroxyl groups excluding tert-OH is 1. The number of Topliss-reactive ketones (excluding diaryl/α,β-unsaturated/α-hetero) is 2. The van der Waals surface area contributed by atoms with E-state index < -0.39 is 35.0 Å². The molecule has 0 radical (unpaired) electrons. The average molecular weight is 708 g/mol. The van der Waals surface area contributed by atoms with Gasteiger partial charge in [0.25, 0.3) is 5.88 Å². The summed E-state index contributed by atoms with van der Waals surface area (Å²) in [7, 11) is 0. The van der Waals surface area contributed by atoms with Crippen LogP contribution in [-0.4, -0.2) is 81.7 Å². The van der Waals surface area contributed by atoms with Crippen molar-refractivity contribution in [3.63, 3.8) is 0 Å². The molecule has 11 heteroatoms. The zero-order valence-corrected chi connectivity index (χ0v) is 30.3. The number of unbranched alkanes of at least 4 members (excludes halogenated alkanes) is 2. The van der Waals surface area contributed by atoms with Crippen LogP contribution < -0.4 is 9.47 Å². The number of fused-ring (bicyclic) bond motifs is 4.